The van der Waals surface area contributed by atoms with Gasteiger partial charge in [0.15, 0.2) is 11.6 Å². The first-order valence-electron chi connectivity index (χ1n) is 9.21. The largest absolute Gasteiger partial charge is 0.392 e. The van der Waals surface area contributed by atoms with Crippen molar-refractivity contribution in [1.29, 1.82) is 0 Å². The number of nitrogens with zero attached hydrogens (tertiary/aromatic N) is 5. The number of aliphatic hydroxyl groups is 1. The number of rotatable bonds is 5. The van der Waals surface area contributed by atoms with Crippen molar-refractivity contribution < 1.29 is 9.84 Å². The molecular weight excluding hydrogens is 342 g/mol. The van der Waals surface area contributed by atoms with Gasteiger partial charge in [-0.05, 0) is 37.9 Å². The summed E-state index contributed by atoms with van der Waals surface area (Å²) in [5, 5.41) is 14.1. The highest BCUT2D eigenvalue weighted by Crippen LogP contribution is 2.26. The van der Waals surface area contributed by atoms with E-state index in [0.29, 0.717) is 12.4 Å². The van der Waals surface area contributed by atoms with Gasteiger partial charge in [-0.3, -0.25) is 0 Å². The number of ether oxygens (including phenoxy) is 1. The van der Waals surface area contributed by atoms with Crippen LogP contribution in [0.4, 0.5) is 5.82 Å². The third-order valence-electron chi connectivity index (χ3n) is 4.75. The summed E-state index contributed by atoms with van der Waals surface area (Å²) in [7, 11) is 4.12. The fourth-order valence-electron chi connectivity index (χ4n) is 3.51. The minimum Gasteiger partial charge on any atom is -0.392 e. The first-order chi connectivity index (χ1) is 13.1. The van der Waals surface area contributed by atoms with E-state index < -0.39 is 0 Å². The van der Waals surface area contributed by atoms with Gasteiger partial charge in [0.1, 0.15) is 5.52 Å². The molecule has 27 heavy (non-hydrogen) atoms. The van der Waals surface area contributed by atoms with Crippen molar-refractivity contribution in [3.63, 3.8) is 0 Å². The molecule has 3 aromatic rings. The number of benzene rings is 1. The summed E-state index contributed by atoms with van der Waals surface area (Å²) in [5.74, 6) is 1.58. The molecule has 1 atom stereocenters. The molecule has 1 aliphatic rings. The van der Waals surface area contributed by atoms with Gasteiger partial charge in [0.2, 0.25) is 0 Å². The Bertz CT molecular complexity index is 924. The summed E-state index contributed by atoms with van der Waals surface area (Å²) in [5.41, 5.74) is 2.74. The van der Waals surface area contributed by atoms with Gasteiger partial charge >= 0.3 is 0 Å². The van der Waals surface area contributed by atoms with Crippen molar-refractivity contribution in [2.45, 2.75) is 12.7 Å². The maximum atomic E-state index is 9.44. The van der Waals surface area contributed by atoms with Crippen molar-refractivity contribution in [3.05, 3.63) is 48.2 Å². The summed E-state index contributed by atoms with van der Waals surface area (Å²) >= 11 is 0. The quantitative estimate of drug-likeness (QED) is 0.740. The lowest BCUT2D eigenvalue weighted by molar-refractivity contribution is 0.0246. The molecule has 0 amide bonds. The predicted octanol–water partition coefficient (Wildman–Crippen LogP) is 1.66. The molecule has 7 nitrogen and oxygen atoms in total. The first-order valence-corrected chi connectivity index (χ1v) is 9.21. The molecule has 4 rings (SSSR count). The molecule has 1 aromatic carbocycles. The lowest BCUT2D eigenvalue weighted by atomic mass is 10.1. The molecule has 7 heteroatoms. The molecule has 1 aliphatic heterocycles. The van der Waals surface area contributed by atoms with E-state index in [-0.39, 0.29) is 12.7 Å². The van der Waals surface area contributed by atoms with Crippen molar-refractivity contribution >= 4 is 11.3 Å². The summed E-state index contributed by atoms with van der Waals surface area (Å²) in [6.07, 6.45) is 2.09. The zero-order valence-electron chi connectivity index (χ0n) is 15.7. The third-order valence-corrected chi connectivity index (χ3v) is 4.75. The minimum absolute atomic E-state index is 0.00212. The average Bonchev–Trinajstić information content (AvgIpc) is 3.15. The molecule has 2 aromatic heterocycles. The Hall–Kier alpha value is -2.48. The summed E-state index contributed by atoms with van der Waals surface area (Å²) in [6, 6.07) is 11.8. The minimum atomic E-state index is 0.00212. The molecule has 0 radical (unpaired) electrons. The van der Waals surface area contributed by atoms with E-state index in [1.807, 2.05) is 47.1 Å². The zero-order chi connectivity index (χ0) is 18.8. The van der Waals surface area contributed by atoms with Gasteiger partial charge in [-0.2, -0.15) is 0 Å². The van der Waals surface area contributed by atoms with Crippen molar-refractivity contribution in [1.82, 2.24) is 19.5 Å². The standard InChI is InChI=1S/C20H25N5O2/c1-23(2)12-17-13-24(9-10-27-17)20-18-7-4-8-25(18)22-19(21-20)16-6-3-5-15(11-16)14-26/h3-8,11,17,26H,9-10,12-14H2,1-2H3. The second-order valence-electron chi connectivity index (χ2n) is 7.16. The summed E-state index contributed by atoms with van der Waals surface area (Å²) < 4.78 is 7.79. The smallest absolute Gasteiger partial charge is 0.182 e. The second-order valence-corrected chi connectivity index (χ2v) is 7.16. The van der Waals surface area contributed by atoms with E-state index >= 15 is 0 Å². The van der Waals surface area contributed by atoms with Crippen molar-refractivity contribution in [2.75, 3.05) is 45.2 Å². The third kappa shape index (κ3) is 3.80. The molecule has 3 heterocycles. The molecule has 1 fully saturated rings. The number of morpholine rings is 1. The fraction of sp³-hybridized carbons (Fsp3) is 0.400. The number of hydrogen-bond acceptors (Lipinski definition) is 6. The SMILES string of the molecule is CN(C)CC1CN(c2nc(-c3cccc(CO)c3)nn3cccc23)CCO1. The number of hydrogen-bond donors (Lipinski definition) is 1. The van der Waals surface area contributed by atoms with Crippen LogP contribution < -0.4 is 4.90 Å². The Kier molecular flexibility index (Phi) is 5.07. The van der Waals surface area contributed by atoms with Crippen LogP contribution >= 0.6 is 0 Å². The van der Waals surface area contributed by atoms with Crippen molar-refractivity contribution in [3.8, 4) is 11.4 Å². The molecule has 0 aliphatic carbocycles. The van der Waals surface area contributed by atoms with Crippen LogP contribution in [0, 0.1) is 0 Å². The van der Waals surface area contributed by atoms with Crippen LogP contribution in [0.5, 0.6) is 0 Å². The van der Waals surface area contributed by atoms with Crippen LogP contribution in [0.1, 0.15) is 5.56 Å². The van der Waals surface area contributed by atoms with Crippen LogP contribution in [0.15, 0.2) is 42.6 Å². The van der Waals surface area contributed by atoms with Crippen LogP contribution in [0.3, 0.4) is 0 Å². The lowest BCUT2D eigenvalue weighted by Crippen LogP contribution is -2.47. The van der Waals surface area contributed by atoms with E-state index in [2.05, 4.69) is 29.0 Å². The Morgan fingerprint density at radius 2 is 2.15 bits per heavy atom. The van der Waals surface area contributed by atoms with E-state index in [4.69, 9.17) is 9.72 Å². The number of fused-ring (bicyclic) bond motifs is 1. The van der Waals surface area contributed by atoms with Gasteiger partial charge in [0.25, 0.3) is 0 Å². The highest BCUT2D eigenvalue weighted by atomic mass is 16.5. The van der Waals surface area contributed by atoms with E-state index in [1.54, 1.807) is 0 Å². The van der Waals surface area contributed by atoms with Crippen LogP contribution in [-0.4, -0.2) is 71.0 Å². The summed E-state index contributed by atoms with van der Waals surface area (Å²) in [6.45, 7) is 3.17. The van der Waals surface area contributed by atoms with Crippen molar-refractivity contribution in [2.24, 2.45) is 0 Å². The number of likely N-dealkylation sites (N-methyl/N-ethyl adjacent to an activating group) is 1. The van der Waals surface area contributed by atoms with Crippen LogP contribution in [-0.2, 0) is 11.3 Å². The van der Waals surface area contributed by atoms with E-state index in [1.165, 1.54) is 0 Å². The maximum Gasteiger partial charge on any atom is 0.182 e. The molecule has 1 unspecified atom stereocenters. The lowest BCUT2D eigenvalue weighted by Gasteiger charge is -2.35. The normalized spacial score (nSPS) is 17.8. The van der Waals surface area contributed by atoms with Gasteiger partial charge < -0.3 is 19.6 Å². The molecule has 0 bridgehead atoms. The molecule has 1 N–H and O–H groups in total. The highest BCUT2D eigenvalue weighted by molar-refractivity contribution is 5.72. The Morgan fingerprint density at radius 3 is 2.96 bits per heavy atom. The molecule has 1 saturated heterocycles. The maximum absolute atomic E-state index is 9.44. The summed E-state index contributed by atoms with van der Waals surface area (Å²) in [4.78, 5) is 9.33. The molecule has 142 valence electrons. The molecule has 0 saturated carbocycles. The van der Waals surface area contributed by atoms with Gasteiger partial charge in [0.05, 0.1) is 19.3 Å². The Balaban J connectivity index is 1.72. The first kappa shape index (κ1) is 17.9. The molecule has 0 spiro atoms. The number of anilines is 1. The monoisotopic (exact) mass is 367 g/mol. The van der Waals surface area contributed by atoms with Gasteiger partial charge in [-0.25, -0.2) is 9.50 Å². The molecular formula is C20H25N5O2. The van der Waals surface area contributed by atoms with Crippen LogP contribution in [0.25, 0.3) is 16.9 Å². The van der Waals surface area contributed by atoms with Gasteiger partial charge in [0, 0.05) is 31.4 Å². The number of aliphatic hydroxyl groups excluding tert-OH is 1. The topological polar surface area (TPSA) is 66.1 Å². The van der Waals surface area contributed by atoms with Crippen LogP contribution in [0.2, 0.25) is 0 Å². The average molecular weight is 367 g/mol. The Labute approximate surface area is 158 Å². The zero-order valence-corrected chi connectivity index (χ0v) is 15.7. The second kappa shape index (κ2) is 7.64. The van der Waals surface area contributed by atoms with Gasteiger partial charge in [-0.1, -0.05) is 18.2 Å². The van der Waals surface area contributed by atoms with Gasteiger partial charge in [-0.15, -0.1) is 5.10 Å². The predicted molar refractivity (Wildman–Crippen MR) is 105 cm³/mol. The van der Waals surface area contributed by atoms with E-state index in [0.717, 1.165) is 42.1 Å². The fourth-order valence-corrected chi connectivity index (χ4v) is 3.51. The number of aromatic nitrogens is 3. The Morgan fingerprint density at radius 1 is 1.26 bits per heavy atom. The van der Waals surface area contributed by atoms with E-state index in [9.17, 15) is 5.11 Å². The highest BCUT2D eigenvalue weighted by Gasteiger charge is 2.24.